The number of nitriles is 1. The Labute approximate surface area is 162 Å². The summed E-state index contributed by atoms with van der Waals surface area (Å²) in [6.07, 6.45) is 6.26. The summed E-state index contributed by atoms with van der Waals surface area (Å²) in [5.74, 6) is 0.253. The third kappa shape index (κ3) is 3.58. The molecular formula is C19H22N6OS. The number of nitrogens with one attached hydrogen (secondary N) is 3. The average Bonchev–Trinajstić information content (AvgIpc) is 3.27. The lowest BCUT2D eigenvalue weighted by Crippen LogP contribution is -2.44. The number of amides is 1. The number of nitrogens with zero attached hydrogens (tertiary/aromatic N) is 3. The van der Waals surface area contributed by atoms with Crippen LogP contribution in [0.3, 0.4) is 0 Å². The van der Waals surface area contributed by atoms with Gasteiger partial charge >= 0.3 is 0 Å². The fourth-order valence-electron chi connectivity index (χ4n) is 4.12. The Morgan fingerprint density at radius 1 is 1.30 bits per heavy atom. The zero-order chi connectivity index (χ0) is 19.0. The Balaban J connectivity index is 1.45. The zero-order valence-corrected chi connectivity index (χ0v) is 16.1. The number of carbonyl (C=O) groups is 1. The van der Waals surface area contributed by atoms with Gasteiger partial charge in [0.2, 0.25) is 0 Å². The van der Waals surface area contributed by atoms with Crippen molar-refractivity contribution in [3.63, 3.8) is 0 Å². The van der Waals surface area contributed by atoms with E-state index in [4.69, 9.17) is 5.26 Å². The van der Waals surface area contributed by atoms with Gasteiger partial charge in [0.1, 0.15) is 11.8 Å². The van der Waals surface area contributed by atoms with Crippen LogP contribution in [0.4, 0.5) is 0 Å². The number of thiazole rings is 1. The summed E-state index contributed by atoms with van der Waals surface area (Å²) in [6, 6.07) is 4.52. The molecular weight excluding hydrogens is 360 g/mol. The van der Waals surface area contributed by atoms with E-state index < -0.39 is 0 Å². The maximum absolute atomic E-state index is 12.7. The quantitative estimate of drug-likeness (QED) is 0.752. The van der Waals surface area contributed by atoms with Gasteiger partial charge in [0.25, 0.3) is 5.91 Å². The van der Waals surface area contributed by atoms with Crippen LogP contribution in [0.5, 0.6) is 0 Å². The summed E-state index contributed by atoms with van der Waals surface area (Å²) in [7, 11) is 0. The number of aromatic nitrogens is 2. The molecule has 0 radical (unpaired) electrons. The topological polar surface area (TPSA) is 103 Å². The van der Waals surface area contributed by atoms with Gasteiger partial charge in [-0.2, -0.15) is 5.26 Å². The SMILES string of the molecule is Cc1ncc(C2NNC3CCC(NC(=O)c4ncc(C#N)cc4C)CC32)s1. The minimum absolute atomic E-state index is 0.119. The number of hydrogen-bond acceptors (Lipinski definition) is 7. The highest BCUT2D eigenvalue weighted by Gasteiger charge is 2.42. The molecule has 0 bridgehead atoms. The first-order valence-corrected chi connectivity index (χ1v) is 9.98. The molecule has 1 saturated heterocycles. The molecule has 3 heterocycles. The Morgan fingerprint density at radius 3 is 2.85 bits per heavy atom. The molecule has 3 N–H and O–H groups in total. The molecule has 4 unspecified atom stereocenters. The van der Waals surface area contributed by atoms with Gasteiger partial charge in [0, 0.05) is 29.4 Å². The molecule has 0 spiro atoms. The van der Waals surface area contributed by atoms with Crippen molar-refractivity contribution in [1.82, 2.24) is 26.1 Å². The van der Waals surface area contributed by atoms with E-state index in [0.717, 1.165) is 29.8 Å². The van der Waals surface area contributed by atoms with Gasteiger partial charge in [-0.3, -0.25) is 10.2 Å². The van der Waals surface area contributed by atoms with Crippen molar-refractivity contribution in [3.8, 4) is 6.07 Å². The predicted molar refractivity (Wildman–Crippen MR) is 102 cm³/mol. The maximum Gasteiger partial charge on any atom is 0.270 e. The highest BCUT2D eigenvalue weighted by Crippen LogP contribution is 2.39. The van der Waals surface area contributed by atoms with Crippen LogP contribution < -0.4 is 16.2 Å². The zero-order valence-electron chi connectivity index (χ0n) is 15.3. The summed E-state index contributed by atoms with van der Waals surface area (Å²) in [5.41, 5.74) is 8.43. The normalized spacial score (nSPS) is 27.0. The first-order chi connectivity index (χ1) is 13.0. The Kier molecular flexibility index (Phi) is 4.91. The van der Waals surface area contributed by atoms with Gasteiger partial charge in [-0.05, 0) is 50.7 Å². The van der Waals surface area contributed by atoms with Crippen LogP contribution in [0.15, 0.2) is 18.5 Å². The molecule has 1 amide bonds. The molecule has 1 saturated carbocycles. The van der Waals surface area contributed by atoms with E-state index in [9.17, 15) is 4.79 Å². The number of aryl methyl sites for hydroxylation is 2. The third-order valence-electron chi connectivity index (χ3n) is 5.46. The molecule has 8 heteroatoms. The van der Waals surface area contributed by atoms with Gasteiger partial charge in [-0.25, -0.2) is 15.4 Å². The van der Waals surface area contributed by atoms with Crippen LogP contribution in [-0.4, -0.2) is 28.0 Å². The Bertz CT molecular complexity index is 904. The number of hydrazine groups is 1. The third-order valence-corrected chi connectivity index (χ3v) is 6.45. The molecule has 1 aliphatic carbocycles. The van der Waals surface area contributed by atoms with Crippen LogP contribution in [0.25, 0.3) is 0 Å². The molecule has 4 atom stereocenters. The average molecular weight is 382 g/mol. The van der Waals surface area contributed by atoms with Crippen LogP contribution in [-0.2, 0) is 0 Å². The molecule has 7 nitrogen and oxygen atoms in total. The largest absolute Gasteiger partial charge is 0.348 e. The second kappa shape index (κ2) is 7.35. The van der Waals surface area contributed by atoms with Gasteiger partial charge in [0.15, 0.2) is 0 Å². The Hall–Kier alpha value is -2.34. The van der Waals surface area contributed by atoms with Crippen LogP contribution >= 0.6 is 11.3 Å². The standard InChI is InChI=1S/C19H22N6OS/c1-10-5-12(7-20)8-22-17(10)19(26)23-13-3-4-15-14(6-13)18(25-24-15)16-9-21-11(2)27-16/h5,8-9,13-15,18,24-25H,3-4,6H2,1-2H3,(H,23,26). The monoisotopic (exact) mass is 382 g/mol. The van der Waals surface area contributed by atoms with E-state index >= 15 is 0 Å². The lowest BCUT2D eigenvalue weighted by atomic mass is 9.79. The summed E-state index contributed by atoms with van der Waals surface area (Å²) in [6.45, 7) is 3.83. The molecule has 27 heavy (non-hydrogen) atoms. The molecule has 2 aliphatic rings. The molecule has 2 fully saturated rings. The first kappa shape index (κ1) is 18.0. The maximum atomic E-state index is 12.7. The van der Waals surface area contributed by atoms with E-state index in [0.29, 0.717) is 23.2 Å². The minimum atomic E-state index is -0.162. The number of hydrogen-bond donors (Lipinski definition) is 3. The summed E-state index contributed by atoms with van der Waals surface area (Å²) in [5, 5.41) is 13.2. The number of rotatable bonds is 3. The van der Waals surface area contributed by atoms with Crippen LogP contribution in [0.1, 0.15) is 56.8 Å². The van der Waals surface area contributed by atoms with Crippen molar-refractivity contribution in [2.75, 3.05) is 0 Å². The number of fused-ring (bicyclic) bond motifs is 1. The lowest BCUT2D eigenvalue weighted by molar-refractivity contribution is 0.0909. The van der Waals surface area contributed by atoms with Crippen molar-refractivity contribution in [2.45, 2.75) is 51.2 Å². The second-order valence-corrected chi connectivity index (χ2v) is 8.57. The van der Waals surface area contributed by atoms with Crippen molar-refractivity contribution in [3.05, 3.63) is 45.2 Å². The minimum Gasteiger partial charge on any atom is -0.348 e. The van der Waals surface area contributed by atoms with E-state index in [2.05, 4.69) is 32.2 Å². The summed E-state index contributed by atoms with van der Waals surface area (Å²) < 4.78 is 0. The van der Waals surface area contributed by atoms with Gasteiger partial charge in [-0.1, -0.05) is 0 Å². The fraction of sp³-hybridized carbons (Fsp3) is 0.474. The molecule has 140 valence electrons. The fourth-order valence-corrected chi connectivity index (χ4v) is 5.03. The van der Waals surface area contributed by atoms with E-state index in [-0.39, 0.29) is 18.0 Å². The van der Waals surface area contributed by atoms with Crippen LogP contribution in [0.2, 0.25) is 0 Å². The van der Waals surface area contributed by atoms with Crippen molar-refractivity contribution >= 4 is 17.2 Å². The predicted octanol–water partition coefficient (Wildman–Crippen LogP) is 2.14. The van der Waals surface area contributed by atoms with Crippen LogP contribution in [0, 0.1) is 31.1 Å². The molecule has 0 aromatic carbocycles. The molecule has 2 aromatic heterocycles. The van der Waals surface area contributed by atoms with Crippen molar-refractivity contribution < 1.29 is 4.79 Å². The number of pyridine rings is 1. The number of carbonyl (C=O) groups excluding carboxylic acids is 1. The van der Waals surface area contributed by atoms with Crippen molar-refractivity contribution in [1.29, 1.82) is 5.26 Å². The highest BCUT2D eigenvalue weighted by atomic mass is 32.1. The van der Waals surface area contributed by atoms with Gasteiger partial charge in [0.05, 0.1) is 16.6 Å². The first-order valence-electron chi connectivity index (χ1n) is 9.16. The van der Waals surface area contributed by atoms with E-state index in [1.165, 1.54) is 11.1 Å². The second-order valence-electron chi connectivity index (χ2n) is 7.30. The van der Waals surface area contributed by atoms with Gasteiger partial charge in [-0.15, -0.1) is 11.3 Å². The Morgan fingerprint density at radius 2 is 2.15 bits per heavy atom. The lowest BCUT2D eigenvalue weighted by Gasteiger charge is -2.33. The van der Waals surface area contributed by atoms with E-state index in [1.54, 1.807) is 17.4 Å². The molecule has 2 aromatic rings. The van der Waals surface area contributed by atoms with Crippen molar-refractivity contribution in [2.24, 2.45) is 5.92 Å². The molecule has 1 aliphatic heterocycles. The summed E-state index contributed by atoms with van der Waals surface area (Å²) >= 11 is 1.72. The smallest absolute Gasteiger partial charge is 0.270 e. The van der Waals surface area contributed by atoms with Gasteiger partial charge < -0.3 is 5.32 Å². The molecule has 4 rings (SSSR count). The van der Waals surface area contributed by atoms with E-state index in [1.807, 2.05) is 20.0 Å². The highest BCUT2D eigenvalue weighted by molar-refractivity contribution is 7.11. The summed E-state index contributed by atoms with van der Waals surface area (Å²) in [4.78, 5) is 22.5.